The lowest BCUT2D eigenvalue weighted by Gasteiger charge is -2.25. The number of para-hydroxylation sites is 1. The molecule has 1 unspecified atom stereocenters. The van der Waals surface area contributed by atoms with Crippen molar-refractivity contribution in [1.82, 2.24) is 5.32 Å². The quantitative estimate of drug-likeness (QED) is 0.161. The molecule has 212 valence electrons. The molecule has 0 aliphatic heterocycles. The smallest absolute Gasteiger partial charge is 0.411 e. The van der Waals surface area contributed by atoms with E-state index in [1.807, 2.05) is 89.8 Å². The van der Waals surface area contributed by atoms with E-state index in [2.05, 4.69) is 33.5 Å². The van der Waals surface area contributed by atoms with Crippen molar-refractivity contribution in [2.24, 2.45) is 5.92 Å². The van der Waals surface area contributed by atoms with E-state index < -0.39 is 12.0 Å². The molecule has 2 N–H and O–H groups in total. The van der Waals surface area contributed by atoms with Crippen LogP contribution in [0.3, 0.4) is 0 Å². The molecule has 0 saturated heterocycles. The number of hydrogen-bond donors (Lipinski definition) is 2. The minimum absolute atomic E-state index is 0.00581. The van der Waals surface area contributed by atoms with Gasteiger partial charge < -0.3 is 15.0 Å². The number of aromatic nitrogens is 1. The number of fused-ring (bicyclic) bond motifs is 1. The van der Waals surface area contributed by atoms with Crippen LogP contribution in [0.25, 0.3) is 10.8 Å². The van der Waals surface area contributed by atoms with E-state index in [-0.39, 0.29) is 31.5 Å². The molecule has 0 aliphatic carbocycles. The van der Waals surface area contributed by atoms with E-state index in [1.165, 1.54) is 0 Å². The number of hydrogen-bond acceptors (Lipinski definition) is 4. The Labute approximate surface area is 248 Å². The lowest BCUT2D eigenvalue weighted by Crippen LogP contribution is -2.42. The van der Waals surface area contributed by atoms with Crippen molar-refractivity contribution in [1.29, 1.82) is 0 Å². The number of aryl methyl sites for hydroxylation is 1. The van der Waals surface area contributed by atoms with Crippen LogP contribution < -0.4 is 20.1 Å². The molecule has 41 heavy (non-hydrogen) atoms. The van der Waals surface area contributed by atoms with Gasteiger partial charge in [-0.3, -0.25) is 14.9 Å². The molecule has 4 rings (SSSR count). The first kappa shape index (κ1) is 29.7. The third kappa shape index (κ3) is 8.14. The third-order valence-electron chi connectivity index (χ3n) is 6.49. The van der Waals surface area contributed by atoms with Gasteiger partial charge in [-0.1, -0.05) is 68.4 Å². The molecule has 8 nitrogen and oxygen atoms in total. The Morgan fingerprint density at radius 2 is 1.71 bits per heavy atom. The summed E-state index contributed by atoms with van der Waals surface area (Å²) >= 11 is 3.51. The maximum atomic E-state index is 13.7. The van der Waals surface area contributed by atoms with Crippen LogP contribution in [0.1, 0.15) is 30.6 Å². The van der Waals surface area contributed by atoms with E-state index in [0.717, 1.165) is 28.2 Å². The fourth-order valence-electron chi connectivity index (χ4n) is 4.50. The highest BCUT2D eigenvalue weighted by Crippen LogP contribution is 2.23. The molecule has 0 aliphatic rings. The Morgan fingerprint density at radius 3 is 2.49 bits per heavy atom. The number of carbonyl (C=O) groups is 3. The molecule has 4 aromatic rings. The second kappa shape index (κ2) is 14.4. The van der Waals surface area contributed by atoms with Crippen molar-refractivity contribution in [2.75, 3.05) is 29.9 Å². The Morgan fingerprint density at radius 1 is 0.976 bits per heavy atom. The number of benzene rings is 3. The van der Waals surface area contributed by atoms with Gasteiger partial charge in [-0.15, -0.1) is 0 Å². The zero-order valence-corrected chi connectivity index (χ0v) is 24.8. The van der Waals surface area contributed by atoms with Gasteiger partial charge in [0.1, 0.15) is 18.7 Å². The van der Waals surface area contributed by atoms with E-state index >= 15 is 0 Å². The van der Waals surface area contributed by atoms with Crippen molar-refractivity contribution in [3.63, 3.8) is 0 Å². The molecular formula is C32H34BrN4O4+. The molecular weight excluding hydrogens is 584 g/mol. The van der Waals surface area contributed by atoms with E-state index in [1.54, 1.807) is 17.9 Å². The summed E-state index contributed by atoms with van der Waals surface area (Å²) in [5.41, 5.74) is 1.88. The number of ether oxygens (including phenoxy) is 1. The first-order chi connectivity index (χ1) is 19.9. The minimum atomic E-state index is -0.598. The fourth-order valence-corrected chi connectivity index (χ4v) is 5.01. The highest BCUT2D eigenvalue weighted by atomic mass is 79.9. The summed E-state index contributed by atoms with van der Waals surface area (Å²) in [4.78, 5) is 40.6. The summed E-state index contributed by atoms with van der Waals surface area (Å²) in [6.45, 7) is 4.96. The van der Waals surface area contributed by atoms with E-state index in [4.69, 9.17) is 4.74 Å². The maximum Gasteiger partial charge on any atom is 0.411 e. The highest BCUT2D eigenvalue weighted by Gasteiger charge is 2.25. The molecule has 1 atom stereocenters. The molecule has 3 aromatic carbocycles. The van der Waals surface area contributed by atoms with Crippen molar-refractivity contribution in [3.8, 4) is 0 Å². The summed E-state index contributed by atoms with van der Waals surface area (Å²) in [5.74, 6) is -0.957. The first-order valence-electron chi connectivity index (χ1n) is 13.6. The first-order valence-corrected chi connectivity index (χ1v) is 14.4. The maximum absolute atomic E-state index is 13.7. The van der Waals surface area contributed by atoms with Crippen LogP contribution >= 0.6 is 15.9 Å². The Hall–Kier alpha value is -4.24. The summed E-state index contributed by atoms with van der Waals surface area (Å²) in [6.07, 6.45) is 4.10. The number of carbonyl (C=O) groups excluding carboxylic acids is 3. The van der Waals surface area contributed by atoms with Gasteiger partial charge in [0, 0.05) is 24.0 Å². The van der Waals surface area contributed by atoms with Gasteiger partial charge in [0.05, 0.1) is 22.6 Å². The molecule has 1 heterocycles. The number of nitrogens with one attached hydrogen (secondary N) is 2. The Balaban J connectivity index is 1.33. The molecule has 0 bridgehead atoms. The van der Waals surface area contributed by atoms with E-state index in [0.29, 0.717) is 16.9 Å². The molecule has 0 spiro atoms. The topological polar surface area (TPSA) is 91.6 Å². The average molecular weight is 619 g/mol. The molecule has 9 heteroatoms. The highest BCUT2D eigenvalue weighted by molar-refractivity contribution is 9.10. The monoisotopic (exact) mass is 617 g/mol. The van der Waals surface area contributed by atoms with Gasteiger partial charge in [-0.05, 0) is 45.6 Å². The van der Waals surface area contributed by atoms with Crippen molar-refractivity contribution < 1.29 is 23.7 Å². The summed E-state index contributed by atoms with van der Waals surface area (Å²) < 4.78 is 8.06. The lowest BCUT2D eigenvalue weighted by atomic mass is 10.1. The predicted molar refractivity (Wildman–Crippen MR) is 164 cm³/mol. The fraction of sp³-hybridized carbons (Fsp3) is 0.250. The summed E-state index contributed by atoms with van der Waals surface area (Å²) in [6, 6.07) is 24.5. The predicted octanol–water partition coefficient (Wildman–Crippen LogP) is 5.95. The second-order valence-electron chi connectivity index (χ2n) is 9.71. The van der Waals surface area contributed by atoms with Gasteiger partial charge in [0.25, 0.3) is 5.91 Å². The molecule has 0 radical (unpaired) electrons. The molecule has 1 aromatic heterocycles. The van der Waals surface area contributed by atoms with Gasteiger partial charge in [-0.25, -0.2) is 9.36 Å². The third-order valence-corrected chi connectivity index (χ3v) is 6.93. The standard InChI is InChI=1S/C32H33BrN4O4/c1-3-17-36-21-25(19-26(33)22-36)31(39)37(27-12-5-4-6-13-27)20-23(2)30(38)34-16-18-41-32(40)35-29-15-9-11-24-10-7-8-14-28(24)29/h4-15,19,21-23H,3,16-18,20H2,1-2H3,(H-,34,35,38,40)/p+1. The van der Waals surface area contributed by atoms with Crippen molar-refractivity contribution in [3.05, 3.63) is 101 Å². The van der Waals surface area contributed by atoms with Crippen LogP contribution in [0.2, 0.25) is 0 Å². The normalized spacial score (nSPS) is 11.5. The minimum Gasteiger partial charge on any atom is -0.447 e. The van der Waals surface area contributed by atoms with Crippen LogP contribution in [0.4, 0.5) is 16.2 Å². The van der Waals surface area contributed by atoms with Crippen LogP contribution in [0, 0.1) is 5.92 Å². The Bertz CT molecular complexity index is 1510. The summed E-state index contributed by atoms with van der Waals surface area (Å²) in [7, 11) is 0. The number of anilines is 2. The summed E-state index contributed by atoms with van der Waals surface area (Å²) in [5, 5.41) is 7.49. The lowest BCUT2D eigenvalue weighted by molar-refractivity contribution is -0.697. The van der Waals surface area contributed by atoms with Crippen LogP contribution in [-0.2, 0) is 16.1 Å². The van der Waals surface area contributed by atoms with Gasteiger partial charge in [0.15, 0.2) is 12.4 Å². The Kier molecular flexibility index (Phi) is 10.5. The second-order valence-corrected chi connectivity index (χ2v) is 10.6. The van der Waals surface area contributed by atoms with Gasteiger partial charge in [0.2, 0.25) is 5.91 Å². The zero-order chi connectivity index (χ0) is 29.2. The van der Waals surface area contributed by atoms with Crippen molar-refractivity contribution >= 4 is 56.0 Å². The SMILES string of the molecule is CCC[n+]1cc(Br)cc(C(=O)N(CC(C)C(=O)NCCOC(=O)Nc2cccc3ccccc23)c2ccccc2)c1. The molecule has 0 saturated carbocycles. The molecule has 0 fully saturated rings. The van der Waals surface area contributed by atoms with Gasteiger partial charge in [-0.2, -0.15) is 0 Å². The number of pyridine rings is 1. The number of rotatable bonds is 11. The van der Waals surface area contributed by atoms with E-state index in [9.17, 15) is 14.4 Å². The number of amides is 3. The van der Waals surface area contributed by atoms with Crippen LogP contribution in [0.5, 0.6) is 0 Å². The molecule has 3 amide bonds. The van der Waals surface area contributed by atoms with Gasteiger partial charge >= 0.3 is 6.09 Å². The van der Waals surface area contributed by atoms with Crippen LogP contribution in [0.15, 0.2) is 95.7 Å². The van der Waals surface area contributed by atoms with Crippen LogP contribution in [-0.4, -0.2) is 37.6 Å². The zero-order valence-electron chi connectivity index (χ0n) is 23.2. The average Bonchev–Trinajstić information content (AvgIpc) is 2.98. The largest absolute Gasteiger partial charge is 0.447 e. The van der Waals surface area contributed by atoms with Crippen molar-refractivity contribution in [2.45, 2.75) is 26.8 Å². The number of halogens is 1. The number of nitrogens with zero attached hydrogens (tertiary/aromatic N) is 2.